The molecular formula is C22H26N4O6. The summed E-state index contributed by atoms with van der Waals surface area (Å²) < 4.78 is 10.7. The molecule has 0 saturated carbocycles. The molecule has 2 aromatic rings. The molecule has 1 fully saturated rings. The van der Waals surface area contributed by atoms with Crippen LogP contribution in [0.25, 0.3) is 0 Å². The van der Waals surface area contributed by atoms with Crippen molar-refractivity contribution in [3.8, 4) is 17.2 Å². The maximum Gasteiger partial charge on any atom is 0.316 e. The molecule has 0 spiro atoms. The van der Waals surface area contributed by atoms with Gasteiger partial charge in [-0.1, -0.05) is 6.07 Å². The van der Waals surface area contributed by atoms with E-state index in [1.807, 2.05) is 0 Å². The second-order valence-electron chi connectivity index (χ2n) is 7.29. The van der Waals surface area contributed by atoms with Gasteiger partial charge in [0.25, 0.3) is 11.8 Å². The number of nitrogens with two attached hydrogens (primary N) is 1. The molecule has 1 heterocycles. The first-order valence-corrected chi connectivity index (χ1v) is 10.0. The van der Waals surface area contributed by atoms with E-state index in [1.54, 1.807) is 47.1 Å². The van der Waals surface area contributed by atoms with Gasteiger partial charge in [-0.25, -0.2) is 4.79 Å². The quantitative estimate of drug-likeness (QED) is 0.622. The van der Waals surface area contributed by atoms with Crippen molar-refractivity contribution in [2.24, 2.45) is 5.73 Å². The highest BCUT2D eigenvalue weighted by Gasteiger charge is 2.27. The molecule has 4 amide bonds. The number of methoxy groups -OCH3 is 1. The minimum Gasteiger partial charge on any atom is -0.504 e. The summed E-state index contributed by atoms with van der Waals surface area (Å²) in [5.74, 6) is 0.0793. The summed E-state index contributed by atoms with van der Waals surface area (Å²) in [6.45, 7) is 3.10. The van der Waals surface area contributed by atoms with E-state index >= 15 is 0 Å². The Morgan fingerprint density at radius 1 is 1.09 bits per heavy atom. The number of nitrogens with zero attached hydrogens (tertiary/aromatic N) is 2. The zero-order chi connectivity index (χ0) is 23.3. The molecule has 32 heavy (non-hydrogen) atoms. The van der Waals surface area contributed by atoms with Crippen LogP contribution in [0, 0.1) is 6.92 Å². The number of nitrogens with one attached hydrogen (secondary N) is 1. The molecule has 1 aliphatic rings. The fraction of sp³-hybridized carbons (Fsp3) is 0.318. The smallest absolute Gasteiger partial charge is 0.316 e. The van der Waals surface area contributed by atoms with Crippen molar-refractivity contribution in [2.75, 3.05) is 45.2 Å². The monoisotopic (exact) mass is 442 g/mol. The van der Waals surface area contributed by atoms with Crippen molar-refractivity contribution in [1.82, 2.24) is 9.80 Å². The normalized spacial score (nSPS) is 13.4. The molecule has 0 aromatic heterocycles. The number of para-hydroxylation sites is 1. The van der Waals surface area contributed by atoms with Gasteiger partial charge < -0.3 is 35.4 Å². The van der Waals surface area contributed by atoms with E-state index in [9.17, 15) is 19.5 Å². The summed E-state index contributed by atoms with van der Waals surface area (Å²) in [6, 6.07) is 8.98. The van der Waals surface area contributed by atoms with E-state index in [2.05, 4.69) is 5.32 Å². The molecule has 2 aromatic carbocycles. The molecule has 0 radical (unpaired) electrons. The fourth-order valence-corrected chi connectivity index (χ4v) is 3.47. The minimum absolute atomic E-state index is 0.0991. The average Bonchev–Trinajstić information content (AvgIpc) is 2.78. The van der Waals surface area contributed by atoms with Gasteiger partial charge in [-0.15, -0.1) is 0 Å². The molecule has 0 unspecified atom stereocenters. The number of primary amides is 1. The molecule has 1 aliphatic heterocycles. The van der Waals surface area contributed by atoms with Gasteiger partial charge in [0, 0.05) is 31.9 Å². The summed E-state index contributed by atoms with van der Waals surface area (Å²) in [4.78, 5) is 39.6. The third-order valence-electron chi connectivity index (χ3n) is 5.17. The second-order valence-corrected chi connectivity index (χ2v) is 7.29. The van der Waals surface area contributed by atoms with E-state index in [0.29, 0.717) is 37.6 Å². The Kier molecular flexibility index (Phi) is 7.04. The number of aryl methyl sites for hydroxylation is 1. The molecular weight excluding hydrogens is 416 g/mol. The molecule has 0 aliphatic carbocycles. The number of ether oxygens (including phenoxy) is 2. The van der Waals surface area contributed by atoms with Crippen LogP contribution in [-0.4, -0.2) is 72.6 Å². The third-order valence-corrected chi connectivity index (χ3v) is 5.17. The van der Waals surface area contributed by atoms with Gasteiger partial charge in [0.2, 0.25) is 0 Å². The highest BCUT2D eigenvalue weighted by Crippen LogP contribution is 2.30. The average molecular weight is 442 g/mol. The third kappa shape index (κ3) is 5.20. The molecule has 170 valence electrons. The lowest BCUT2D eigenvalue weighted by Gasteiger charge is -2.35. The van der Waals surface area contributed by atoms with Crippen molar-refractivity contribution in [2.45, 2.75) is 6.92 Å². The Bertz CT molecular complexity index is 1020. The lowest BCUT2D eigenvalue weighted by Crippen LogP contribution is -2.51. The van der Waals surface area contributed by atoms with Crippen LogP contribution in [0.4, 0.5) is 10.5 Å². The van der Waals surface area contributed by atoms with Gasteiger partial charge in [0.15, 0.2) is 18.1 Å². The number of hydrogen-bond donors (Lipinski definition) is 3. The maximum absolute atomic E-state index is 12.8. The van der Waals surface area contributed by atoms with Gasteiger partial charge in [-0.3, -0.25) is 9.59 Å². The van der Waals surface area contributed by atoms with Crippen LogP contribution in [-0.2, 0) is 4.79 Å². The summed E-state index contributed by atoms with van der Waals surface area (Å²) >= 11 is 0. The minimum atomic E-state index is -0.655. The lowest BCUT2D eigenvalue weighted by molar-refractivity contribution is -0.134. The van der Waals surface area contributed by atoms with Gasteiger partial charge >= 0.3 is 6.03 Å². The number of carbonyl (C=O) groups is 3. The zero-order valence-electron chi connectivity index (χ0n) is 18.0. The van der Waals surface area contributed by atoms with Gasteiger partial charge in [0.1, 0.15) is 5.75 Å². The predicted octanol–water partition coefficient (Wildman–Crippen LogP) is 1.56. The number of rotatable bonds is 6. The fourth-order valence-electron chi connectivity index (χ4n) is 3.47. The van der Waals surface area contributed by atoms with Crippen molar-refractivity contribution in [3.05, 3.63) is 47.5 Å². The van der Waals surface area contributed by atoms with E-state index in [-0.39, 0.29) is 35.5 Å². The molecule has 1 saturated heterocycles. The number of amides is 4. The van der Waals surface area contributed by atoms with Crippen LogP contribution < -0.4 is 20.5 Å². The van der Waals surface area contributed by atoms with Crippen LogP contribution in [0.2, 0.25) is 0 Å². The van der Waals surface area contributed by atoms with Crippen molar-refractivity contribution in [3.63, 3.8) is 0 Å². The molecule has 10 nitrogen and oxygen atoms in total. The van der Waals surface area contributed by atoms with Crippen LogP contribution in [0.5, 0.6) is 17.2 Å². The van der Waals surface area contributed by atoms with E-state index in [0.717, 1.165) is 5.56 Å². The molecule has 0 atom stereocenters. The summed E-state index contributed by atoms with van der Waals surface area (Å²) in [5.41, 5.74) is 6.72. The predicted molar refractivity (Wildman–Crippen MR) is 117 cm³/mol. The Morgan fingerprint density at radius 2 is 1.78 bits per heavy atom. The molecule has 10 heteroatoms. The number of hydrogen-bond acceptors (Lipinski definition) is 6. The highest BCUT2D eigenvalue weighted by atomic mass is 16.5. The summed E-state index contributed by atoms with van der Waals surface area (Å²) in [7, 11) is 1.39. The van der Waals surface area contributed by atoms with E-state index < -0.39 is 6.03 Å². The molecule has 3 rings (SSSR count). The second kappa shape index (κ2) is 9.90. The maximum atomic E-state index is 12.8. The standard InChI is InChI=1S/C22H26N4O6/c1-14-12-15(6-7-17(14)24-22(23)30)32-13-19(28)25-8-10-26(11-9-25)21(29)16-4-3-5-18(27)20(16)31-2/h3-7,12,27H,8-11,13H2,1-2H3,(H3,23,24,30). The van der Waals surface area contributed by atoms with Crippen molar-refractivity contribution >= 4 is 23.5 Å². The first-order chi connectivity index (χ1) is 15.3. The van der Waals surface area contributed by atoms with Crippen molar-refractivity contribution < 1.29 is 29.0 Å². The molecule has 4 N–H and O–H groups in total. The van der Waals surface area contributed by atoms with Gasteiger partial charge in [-0.2, -0.15) is 0 Å². The van der Waals surface area contributed by atoms with Crippen LogP contribution in [0.15, 0.2) is 36.4 Å². The van der Waals surface area contributed by atoms with Gasteiger partial charge in [-0.05, 0) is 42.8 Å². The summed E-state index contributed by atoms with van der Waals surface area (Å²) in [5, 5.41) is 12.4. The number of carbonyl (C=O) groups excluding carboxylic acids is 3. The van der Waals surface area contributed by atoms with Crippen molar-refractivity contribution in [1.29, 1.82) is 0 Å². The van der Waals surface area contributed by atoms with Crippen LogP contribution >= 0.6 is 0 Å². The Morgan fingerprint density at radius 3 is 2.41 bits per heavy atom. The zero-order valence-corrected chi connectivity index (χ0v) is 18.0. The SMILES string of the molecule is COc1c(O)cccc1C(=O)N1CCN(C(=O)COc2ccc(NC(N)=O)c(C)c2)CC1. The number of anilines is 1. The van der Waals surface area contributed by atoms with E-state index in [1.165, 1.54) is 13.2 Å². The number of phenolic OH excluding ortho intramolecular Hbond substituents is 1. The van der Waals surface area contributed by atoms with E-state index in [4.69, 9.17) is 15.2 Å². The molecule has 0 bridgehead atoms. The number of aromatic hydroxyl groups is 1. The first kappa shape index (κ1) is 22.7. The Labute approximate surface area is 185 Å². The first-order valence-electron chi connectivity index (χ1n) is 10.0. The topological polar surface area (TPSA) is 134 Å². The number of piperazine rings is 1. The summed E-state index contributed by atoms with van der Waals surface area (Å²) in [6.07, 6.45) is 0. The number of phenols is 1. The largest absolute Gasteiger partial charge is 0.504 e. The number of urea groups is 1. The number of benzene rings is 2. The lowest BCUT2D eigenvalue weighted by atomic mass is 10.1. The Balaban J connectivity index is 1.53. The highest BCUT2D eigenvalue weighted by molar-refractivity contribution is 5.98. The van der Waals surface area contributed by atoms with Crippen LogP contribution in [0.3, 0.4) is 0 Å². The van der Waals surface area contributed by atoms with Crippen LogP contribution in [0.1, 0.15) is 15.9 Å². The van der Waals surface area contributed by atoms with Gasteiger partial charge in [0.05, 0.1) is 12.7 Å². The Hall–Kier alpha value is -3.95.